The molecule has 0 radical (unpaired) electrons. The summed E-state index contributed by atoms with van der Waals surface area (Å²) >= 11 is 0. The summed E-state index contributed by atoms with van der Waals surface area (Å²) in [5, 5.41) is 12.7. The summed E-state index contributed by atoms with van der Waals surface area (Å²) in [6, 6.07) is 7.44. The molecule has 3 heteroatoms. The molecule has 118 valence electrons. The van der Waals surface area contributed by atoms with Crippen molar-refractivity contribution in [2.45, 2.75) is 62.8 Å². The predicted octanol–water partition coefficient (Wildman–Crippen LogP) is 3.05. The topological polar surface area (TPSA) is 49.3 Å². The van der Waals surface area contributed by atoms with Crippen LogP contribution < -0.4 is 5.32 Å². The highest BCUT2D eigenvalue weighted by molar-refractivity contribution is 5.67. The lowest BCUT2D eigenvalue weighted by Gasteiger charge is -2.56. The Kier molecular flexibility index (Phi) is 3.48. The van der Waals surface area contributed by atoms with Gasteiger partial charge in [-0.05, 0) is 61.3 Å². The first kappa shape index (κ1) is 14.3. The summed E-state index contributed by atoms with van der Waals surface area (Å²) < 4.78 is 0. The third-order valence-corrected chi connectivity index (χ3v) is 6.34. The molecule has 2 fully saturated rings. The molecular weight excluding hydrogens is 274 g/mol. The second-order valence-electron chi connectivity index (χ2n) is 7.41. The number of rotatable bonds is 3. The minimum absolute atomic E-state index is 0.236. The highest BCUT2D eigenvalue weighted by Crippen LogP contribution is 2.53. The third kappa shape index (κ3) is 2.18. The predicted molar refractivity (Wildman–Crippen MR) is 86.1 cm³/mol. The fraction of sp³-hybridized carbons (Fsp3) is 0.632. The van der Waals surface area contributed by atoms with Crippen LogP contribution in [0.3, 0.4) is 0 Å². The SMILES string of the molecule is O=C(O)CCc1ccc2c(c1)[C@]13CCCC[C@@H]1[C@@H](C2)NCC3. The highest BCUT2D eigenvalue weighted by Gasteiger charge is 2.51. The van der Waals surface area contributed by atoms with Gasteiger partial charge in [0.05, 0.1) is 0 Å². The van der Waals surface area contributed by atoms with Crippen molar-refractivity contribution in [1.82, 2.24) is 5.32 Å². The molecule has 1 aliphatic heterocycles. The number of fused-ring (bicyclic) bond motifs is 1. The number of nitrogens with one attached hydrogen (secondary N) is 1. The highest BCUT2D eigenvalue weighted by atomic mass is 16.4. The van der Waals surface area contributed by atoms with Crippen molar-refractivity contribution in [3.8, 4) is 0 Å². The molecule has 1 saturated carbocycles. The number of aryl methyl sites for hydroxylation is 1. The van der Waals surface area contributed by atoms with Crippen LogP contribution in [-0.2, 0) is 23.1 Å². The first-order valence-corrected chi connectivity index (χ1v) is 8.76. The van der Waals surface area contributed by atoms with Gasteiger partial charge in [0, 0.05) is 17.9 Å². The van der Waals surface area contributed by atoms with Gasteiger partial charge in [-0.3, -0.25) is 4.79 Å². The second-order valence-corrected chi connectivity index (χ2v) is 7.41. The van der Waals surface area contributed by atoms with Crippen LogP contribution in [0.4, 0.5) is 0 Å². The third-order valence-electron chi connectivity index (χ3n) is 6.34. The smallest absolute Gasteiger partial charge is 0.303 e. The molecule has 1 aromatic rings. The summed E-state index contributed by atoms with van der Waals surface area (Å²) in [6.45, 7) is 1.14. The van der Waals surface area contributed by atoms with Crippen molar-refractivity contribution in [3.63, 3.8) is 0 Å². The van der Waals surface area contributed by atoms with Crippen LogP contribution in [0.25, 0.3) is 0 Å². The number of benzene rings is 1. The lowest BCUT2D eigenvalue weighted by atomic mass is 9.52. The molecule has 22 heavy (non-hydrogen) atoms. The number of hydrogen-bond acceptors (Lipinski definition) is 2. The molecule has 0 amide bonds. The number of piperidine rings is 1. The van der Waals surface area contributed by atoms with E-state index in [2.05, 4.69) is 23.5 Å². The van der Waals surface area contributed by atoms with E-state index in [1.807, 2.05) is 0 Å². The van der Waals surface area contributed by atoms with E-state index in [0.29, 0.717) is 17.9 Å². The van der Waals surface area contributed by atoms with E-state index in [1.165, 1.54) is 43.2 Å². The maximum absolute atomic E-state index is 10.9. The molecule has 1 heterocycles. The summed E-state index contributed by atoms with van der Waals surface area (Å²) in [6.07, 6.45) is 8.71. The lowest BCUT2D eigenvalue weighted by Crippen LogP contribution is -2.59. The minimum Gasteiger partial charge on any atom is -0.481 e. The van der Waals surface area contributed by atoms with Gasteiger partial charge in [-0.1, -0.05) is 31.0 Å². The summed E-state index contributed by atoms with van der Waals surface area (Å²) in [5.41, 5.74) is 4.66. The maximum Gasteiger partial charge on any atom is 0.303 e. The Bertz CT molecular complexity index is 593. The van der Waals surface area contributed by atoms with Crippen molar-refractivity contribution < 1.29 is 9.90 Å². The van der Waals surface area contributed by atoms with Crippen molar-refractivity contribution in [2.24, 2.45) is 5.92 Å². The maximum atomic E-state index is 10.9. The standard InChI is InChI=1S/C19H25NO2/c21-18(22)7-5-13-4-6-14-12-17-15-3-1-2-8-19(15,9-10-20-17)16(14)11-13/h4,6,11,15,17,20H,1-3,5,7-10,12H2,(H,21,22)/t15-,17-,19+/m1/s1. The van der Waals surface area contributed by atoms with Gasteiger partial charge in [0.25, 0.3) is 0 Å². The van der Waals surface area contributed by atoms with Gasteiger partial charge in [0.15, 0.2) is 0 Å². The van der Waals surface area contributed by atoms with E-state index in [-0.39, 0.29) is 6.42 Å². The number of aliphatic carboxylic acids is 1. The van der Waals surface area contributed by atoms with Crippen LogP contribution in [0.15, 0.2) is 18.2 Å². The summed E-state index contributed by atoms with van der Waals surface area (Å²) in [7, 11) is 0. The van der Waals surface area contributed by atoms with Gasteiger partial charge >= 0.3 is 5.97 Å². The van der Waals surface area contributed by atoms with E-state index in [1.54, 1.807) is 5.56 Å². The van der Waals surface area contributed by atoms with Crippen LogP contribution in [-0.4, -0.2) is 23.7 Å². The monoisotopic (exact) mass is 299 g/mol. The average molecular weight is 299 g/mol. The molecule has 1 aromatic carbocycles. The molecule has 3 nitrogen and oxygen atoms in total. The molecule has 2 aliphatic carbocycles. The fourth-order valence-corrected chi connectivity index (χ4v) is 5.38. The van der Waals surface area contributed by atoms with Gasteiger partial charge in [-0.25, -0.2) is 0 Å². The Hall–Kier alpha value is -1.35. The van der Waals surface area contributed by atoms with E-state index in [4.69, 9.17) is 5.11 Å². The first-order chi connectivity index (χ1) is 10.7. The average Bonchev–Trinajstić information content (AvgIpc) is 2.53. The van der Waals surface area contributed by atoms with Crippen molar-refractivity contribution in [1.29, 1.82) is 0 Å². The minimum atomic E-state index is -0.701. The van der Waals surface area contributed by atoms with Gasteiger partial charge < -0.3 is 10.4 Å². The normalized spacial score (nSPS) is 32.9. The van der Waals surface area contributed by atoms with Crippen LogP contribution >= 0.6 is 0 Å². The zero-order chi connectivity index (χ0) is 15.2. The number of hydrogen-bond donors (Lipinski definition) is 2. The molecule has 2 bridgehead atoms. The van der Waals surface area contributed by atoms with E-state index >= 15 is 0 Å². The van der Waals surface area contributed by atoms with Crippen LogP contribution in [0.1, 0.15) is 55.2 Å². The van der Waals surface area contributed by atoms with Crippen molar-refractivity contribution in [3.05, 3.63) is 34.9 Å². The van der Waals surface area contributed by atoms with Crippen LogP contribution in [0.2, 0.25) is 0 Å². The Balaban J connectivity index is 1.73. The Morgan fingerprint density at radius 2 is 2.23 bits per heavy atom. The first-order valence-electron chi connectivity index (χ1n) is 8.76. The Labute approximate surface area is 132 Å². The summed E-state index contributed by atoms with van der Waals surface area (Å²) in [5.74, 6) is 0.0885. The molecule has 0 aromatic heterocycles. The Morgan fingerprint density at radius 3 is 3.09 bits per heavy atom. The van der Waals surface area contributed by atoms with Gasteiger partial charge in [-0.2, -0.15) is 0 Å². The van der Waals surface area contributed by atoms with Gasteiger partial charge in [-0.15, -0.1) is 0 Å². The second kappa shape index (κ2) is 5.38. The molecule has 3 atom stereocenters. The van der Waals surface area contributed by atoms with E-state index in [0.717, 1.165) is 18.9 Å². The van der Waals surface area contributed by atoms with Crippen molar-refractivity contribution in [2.75, 3.05) is 6.54 Å². The van der Waals surface area contributed by atoms with E-state index < -0.39 is 5.97 Å². The lowest BCUT2D eigenvalue weighted by molar-refractivity contribution is -0.136. The molecule has 0 unspecified atom stereocenters. The molecule has 3 aliphatic rings. The van der Waals surface area contributed by atoms with Crippen LogP contribution in [0.5, 0.6) is 0 Å². The number of carboxylic acid groups (broad SMARTS) is 1. The number of carbonyl (C=O) groups is 1. The molecule has 4 rings (SSSR count). The summed E-state index contributed by atoms with van der Waals surface area (Å²) in [4.78, 5) is 10.9. The molecular formula is C19H25NO2. The fourth-order valence-electron chi connectivity index (χ4n) is 5.38. The zero-order valence-electron chi connectivity index (χ0n) is 13.1. The van der Waals surface area contributed by atoms with Gasteiger partial charge in [0.1, 0.15) is 0 Å². The molecule has 1 saturated heterocycles. The van der Waals surface area contributed by atoms with E-state index in [9.17, 15) is 4.79 Å². The Morgan fingerprint density at radius 1 is 1.32 bits per heavy atom. The van der Waals surface area contributed by atoms with Crippen LogP contribution in [0, 0.1) is 5.92 Å². The quantitative estimate of drug-likeness (QED) is 0.902. The van der Waals surface area contributed by atoms with Crippen molar-refractivity contribution >= 4 is 5.97 Å². The number of carboxylic acids is 1. The molecule has 2 N–H and O–H groups in total. The largest absolute Gasteiger partial charge is 0.481 e. The molecule has 0 spiro atoms. The zero-order valence-corrected chi connectivity index (χ0v) is 13.1. The van der Waals surface area contributed by atoms with Gasteiger partial charge in [0.2, 0.25) is 0 Å².